The van der Waals surface area contributed by atoms with Crippen molar-refractivity contribution >= 4 is 66.8 Å². The van der Waals surface area contributed by atoms with Crippen molar-refractivity contribution in [1.82, 2.24) is 9.13 Å². The summed E-state index contributed by atoms with van der Waals surface area (Å²) in [6, 6.07) is 26.7. The Balaban J connectivity index is 0.000000161. The third-order valence-corrected chi connectivity index (χ3v) is 7.81. The number of hydrogen-bond donors (Lipinski definition) is 0. The first-order valence-corrected chi connectivity index (χ1v) is 14.6. The van der Waals surface area contributed by atoms with Crippen molar-refractivity contribution in [3.05, 3.63) is 115 Å². The second kappa shape index (κ2) is 12.3. The van der Waals surface area contributed by atoms with E-state index >= 15 is 0 Å². The summed E-state index contributed by atoms with van der Waals surface area (Å²) in [5.74, 6) is 0. The van der Waals surface area contributed by atoms with Crippen LogP contribution in [0.15, 0.2) is 94.5 Å². The summed E-state index contributed by atoms with van der Waals surface area (Å²) in [5, 5.41) is 4.13. The second-order valence-electron chi connectivity index (χ2n) is 10.0. The highest BCUT2D eigenvalue weighted by Gasteiger charge is 2.11. The SMILES string of the molecule is CCCCn1c2ccccc2c(=O)c2cc(Cl)ccc21.CCCCn1c2ccccc2c(=O)c2cc(Cl)ccc21. The van der Waals surface area contributed by atoms with Crippen LogP contribution in [0.5, 0.6) is 0 Å². The molecule has 0 radical (unpaired) electrons. The third kappa shape index (κ3) is 5.39. The summed E-state index contributed by atoms with van der Waals surface area (Å²) in [6.45, 7) is 6.17. The molecule has 0 bridgehead atoms. The third-order valence-electron chi connectivity index (χ3n) is 7.34. The van der Waals surface area contributed by atoms with Crippen LogP contribution in [0.3, 0.4) is 0 Å². The van der Waals surface area contributed by atoms with Gasteiger partial charge in [-0.15, -0.1) is 0 Å². The molecule has 6 aromatic rings. The molecule has 204 valence electrons. The Hall–Kier alpha value is -3.60. The normalized spacial score (nSPS) is 11.3. The summed E-state index contributed by atoms with van der Waals surface area (Å²) in [6.07, 6.45) is 4.42. The number of hydrogen-bond acceptors (Lipinski definition) is 2. The topological polar surface area (TPSA) is 44.0 Å². The molecule has 2 heterocycles. The van der Waals surface area contributed by atoms with E-state index in [0.717, 1.165) is 71.6 Å². The summed E-state index contributed by atoms with van der Waals surface area (Å²) >= 11 is 12.1. The Morgan fingerprint density at radius 1 is 0.525 bits per heavy atom. The summed E-state index contributed by atoms with van der Waals surface area (Å²) < 4.78 is 4.46. The molecule has 40 heavy (non-hydrogen) atoms. The first kappa shape index (κ1) is 27.9. The minimum Gasteiger partial charge on any atom is -0.340 e. The molecule has 0 amide bonds. The van der Waals surface area contributed by atoms with Crippen molar-refractivity contribution in [3.63, 3.8) is 0 Å². The minimum absolute atomic E-state index is 0.0610. The molecule has 6 heteroatoms. The zero-order valence-electron chi connectivity index (χ0n) is 22.8. The smallest absolute Gasteiger partial charge is 0.197 e. The van der Waals surface area contributed by atoms with Gasteiger partial charge in [-0.1, -0.05) is 74.2 Å². The van der Waals surface area contributed by atoms with Crippen LogP contribution >= 0.6 is 23.2 Å². The lowest BCUT2D eigenvalue weighted by molar-refractivity contribution is 0.662. The van der Waals surface area contributed by atoms with Gasteiger partial charge >= 0.3 is 0 Å². The zero-order valence-corrected chi connectivity index (χ0v) is 24.3. The number of rotatable bonds is 6. The van der Waals surface area contributed by atoms with Gasteiger partial charge in [0.1, 0.15) is 0 Å². The molecule has 0 N–H and O–H groups in total. The lowest BCUT2D eigenvalue weighted by atomic mass is 10.1. The van der Waals surface area contributed by atoms with Crippen LogP contribution in [0.25, 0.3) is 43.6 Å². The zero-order chi connectivity index (χ0) is 28.2. The molecular formula is C34H32Cl2N2O2. The van der Waals surface area contributed by atoms with Crippen LogP contribution in [0.1, 0.15) is 39.5 Å². The molecule has 6 rings (SSSR count). The first-order chi connectivity index (χ1) is 19.4. The lowest BCUT2D eigenvalue weighted by Gasteiger charge is -2.14. The van der Waals surface area contributed by atoms with Crippen LogP contribution < -0.4 is 10.9 Å². The molecule has 0 aliphatic carbocycles. The molecule has 0 aliphatic rings. The van der Waals surface area contributed by atoms with Crippen LogP contribution in [0.4, 0.5) is 0 Å². The Bertz CT molecular complexity index is 1810. The maximum absolute atomic E-state index is 12.6. The fourth-order valence-electron chi connectivity index (χ4n) is 5.32. The summed E-state index contributed by atoms with van der Waals surface area (Å²) in [4.78, 5) is 25.2. The second-order valence-corrected chi connectivity index (χ2v) is 10.9. The predicted octanol–water partition coefficient (Wildman–Crippen LogP) is 9.22. The van der Waals surface area contributed by atoms with Crippen molar-refractivity contribution < 1.29 is 0 Å². The molecule has 0 spiro atoms. The van der Waals surface area contributed by atoms with E-state index in [-0.39, 0.29) is 10.9 Å². The Morgan fingerprint density at radius 3 is 1.30 bits per heavy atom. The van der Waals surface area contributed by atoms with Gasteiger partial charge in [0.2, 0.25) is 0 Å². The quantitative estimate of drug-likeness (QED) is 0.187. The highest BCUT2D eigenvalue weighted by molar-refractivity contribution is 6.31. The Morgan fingerprint density at radius 2 is 0.900 bits per heavy atom. The largest absolute Gasteiger partial charge is 0.340 e. The van der Waals surface area contributed by atoms with Gasteiger partial charge in [0.05, 0.1) is 22.1 Å². The van der Waals surface area contributed by atoms with E-state index in [0.29, 0.717) is 20.8 Å². The average Bonchev–Trinajstić information content (AvgIpc) is 2.98. The van der Waals surface area contributed by atoms with Crippen LogP contribution in [-0.2, 0) is 13.1 Å². The number of para-hydroxylation sites is 2. The van der Waals surface area contributed by atoms with Crippen LogP contribution in [0, 0.1) is 0 Å². The van der Waals surface area contributed by atoms with Gasteiger partial charge in [0.25, 0.3) is 0 Å². The standard InChI is InChI=1S/2C17H16ClNO/c2*1-2-3-10-19-15-7-5-4-6-13(15)17(20)14-11-12(18)8-9-16(14)19/h2*4-9,11H,2-3,10H2,1H3. The molecule has 0 fully saturated rings. The number of fused-ring (bicyclic) bond motifs is 4. The molecule has 4 aromatic carbocycles. The number of pyridine rings is 2. The molecule has 4 nitrogen and oxygen atoms in total. The highest BCUT2D eigenvalue weighted by atomic mass is 35.5. The van der Waals surface area contributed by atoms with Crippen molar-refractivity contribution in [1.29, 1.82) is 0 Å². The van der Waals surface area contributed by atoms with Gasteiger partial charge in [-0.25, -0.2) is 0 Å². The van der Waals surface area contributed by atoms with Gasteiger partial charge < -0.3 is 9.13 Å². The van der Waals surface area contributed by atoms with E-state index < -0.39 is 0 Å². The van der Waals surface area contributed by atoms with Crippen molar-refractivity contribution in [2.24, 2.45) is 0 Å². The maximum atomic E-state index is 12.6. The van der Waals surface area contributed by atoms with E-state index in [1.54, 1.807) is 12.1 Å². The highest BCUT2D eigenvalue weighted by Crippen LogP contribution is 2.24. The van der Waals surface area contributed by atoms with E-state index in [1.807, 2.05) is 72.8 Å². The molecule has 0 aliphatic heterocycles. The van der Waals surface area contributed by atoms with Crippen LogP contribution in [-0.4, -0.2) is 9.13 Å². The van der Waals surface area contributed by atoms with E-state index in [2.05, 4.69) is 23.0 Å². The number of nitrogens with zero attached hydrogens (tertiary/aromatic N) is 2. The number of benzene rings is 4. The van der Waals surface area contributed by atoms with Crippen molar-refractivity contribution in [3.8, 4) is 0 Å². The fourth-order valence-corrected chi connectivity index (χ4v) is 5.66. The van der Waals surface area contributed by atoms with E-state index in [4.69, 9.17) is 23.2 Å². The Kier molecular flexibility index (Phi) is 8.58. The van der Waals surface area contributed by atoms with E-state index in [9.17, 15) is 9.59 Å². The van der Waals surface area contributed by atoms with Gasteiger partial charge in [-0.05, 0) is 73.5 Å². The van der Waals surface area contributed by atoms with Crippen LogP contribution in [0.2, 0.25) is 10.0 Å². The minimum atomic E-state index is 0.0610. The Labute approximate surface area is 243 Å². The monoisotopic (exact) mass is 570 g/mol. The predicted molar refractivity (Wildman–Crippen MR) is 171 cm³/mol. The molecule has 0 saturated heterocycles. The molecular weight excluding hydrogens is 539 g/mol. The van der Waals surface area contributed by atoms with Gasteiger partial charge in [-0.3, -0.25) is 9.59 Å². The molecule has 0 saturated carbocycles. The molecule has 0 atom stereocenters. The number of halogens is 2. The number of unbranched alkanes of at least 4 members (excludes halogenated alkanes) is 2. The lowest BCUT2D eigenvalue weighted by Crippen LogP contribution is -2.11. The van der Waals surface area contributed by atoms with Gasteiger partial charge in [-0.2, -0.15) is 0 Å². The fraction of sp³-hybridized carbons (Fsp3) is 0.235. The van der Waals surface area contributed by atoms with Crippen molar-refractivity contribution in [2.45, 2.75) is 52.6 Å². The first-order valence-electron chi connectivity index (χ1n) is 13.9. The number of aryl methyl sites for hydroxylation is 2. The summed E-state index contributed by atoms with van der Waals surface area (Å²) in [7, 11) is 0. The van der Waals surface area contributed by atoms with Gasteiger partial charge in [0, 0.05) is 44.7 Å². The van der Waals surface area contributed by atoms with Gasteiger partial charge in [0.15, 0.2) is 10.9 Å². The van der Waals surface area contributed by atoms with E-state index in [1.165, 1.54) is 0 Å². The molecule has 2 aromatic heterocycles. The summed E-state index contributed by atoms with van der Waals surface area (Å²) in [5.41, 5.74) is 4.05. The molecule has 0 unspecified atom stereocenters. The average molecular weight is 572 g/mol. The maximum Gasteiger partial charge on any atom is 0.197 e. The number of aromatic nitrogens is 2. The van der Waals surface area contributed by atoms with Crippen molar-refractivity contribution in [2.75, 3.05) is 0 Å².